The molecule has 0 bridgehead atoms. The number of furan rings is 1. The highest BCUT2D eigenvalue weighted by atomic mass is 32.1. The van der Waals surface area contributed by atoms with Crippen LogP contribution in [-0.4, -0.2) is 11.1 Å². The molecule has 0 saturated heterocycles. The van der Waals surface area contributed by atoms with E-state index in [9.17, 15) is 9.18 Å². The predicted octanol–water partition coefficient (Wildman–Crippen LogP) is 4.00. The number of fused-ring (bicyclic) bond motifs is 1. The van der Waals surface area contributed by atoms with E-state index < -0.39 is 11.8 Å². The quantitative estimate of drug-likeness (QED) is 0.759. The summed E-state index contributed by atoms with van der Waals surface area (Å²) in [6, 6.07) is 7.92. The first kappa shape index (κ1) is 11.0. The van der Waals surface area contributed by atoms with Gasteiger partial charge >= 0.3 is 5.97 Å². The topological polar surface area (TPSA) is 50.4 Å². The van der Waals surface area contributed by atoms with Crippen molar-refractivity contribution in [3.05, 3.63) is 46.4 Å². The van der Waals surface area contributed by atoms with Crippen LogP contribution in [0.3, 0.4) is 0 Å². The SMILES string of the molecule is O=C(O)c1sccc1-c1cc2cccc(F)c2o1. The van der Waals surface area contributed by atoms with Crippen LogP contribution in [0.4, 0.5) is 4.39 Å². The van der Waals surface area contributed by atoms with Gasteiger partial charge in [0.15, 0.2) is 11.4 Å². The van der Waals surface area contributed by atoms with Crippen LogP contribution in [0.2, 0.25) is 0 Å². The van der Waals surface area contributed by atoms with Gasteiger partial charge in [0.05, 0.1) is 0 Å². The number of para-hydroxylation sites is 1. The van der Waals surface area contributed by atoms with Gasteiger partial charge in [0, 0.05) is 10.9 Å². The second-order valence-electron chi connectivity index (χ2n) is 3.74. The van der Waals surface area contributed by atoms with Gasteiger partial charge in [-0.2, -0.15) is 0 Å². The minimum Gasteiger partial charge on any atom is -0.477 e. The number of hydrogen-bond donors (Lipinski definition) is 1. The Kier molecular flexibility index (Phi) is 2.41. The van der Waals surface area contributed by atoms with Crippen molar-refractivity contribution in [2.24, 2.45) is 0 Å². The van der Waals surface area contributed by atoms with Crippen LogP contribution in [-0.2, 0) is 0 Å². The van der Waals surface area contributed by atoms with E-state index in [2.05, 4.69) is 0 Å². The summed E-state index contributed by atoms with van der Waals surface area (Å²) in [5.41, 5.74) is 0.623. The number of hydrogen-bond acceptors (Lipinski definition) is 3. The lowest BCUT2D eigenvalue weighted by molar-refractivity contribution is 0.0702. The third-order valence-electron chi connectivity index (χ3n) is 2.62. The summed E-state index contributed by atoms with van der Waals surface area (Å²) in [5, 5.41) is 11.3. The van der Waals surface area contributed by atoms with E-state index in [1.165, 1.54) is 6.07 Å². The van der Waals surface area contributed by atoms with Crippen LogP contribution in [0.25, 0.3) is 22.3 Å². The first-order valence-corrected chi connectivity index (χ1v) is 6.04. The molecule has 1 aromatic carbocycles. The van der Waals surface area contributed by atoms with Gasteiger partial charge in [-0.3, -0.25) is 0 Å². The van der Waals surface area contributed by atoms with Crippen molar-refractivity contribution >= 4 is 28.3 Å². The fourth-order valence-electron chi connectivity index (χ4n) is 1.83. The molecule has 18 heavy (non-hydrogen) atoms. The van der Waals surface area contributed by atoms with E-state index in [4.69, 9.17) is 9.52 Å². The Hall–Kier alpha value is -2.14. The molecule has 3 aromatic rings. The number of rotatable bonds is 2. The van der Waals surface area contributed by atoms with E-state index in [1.54, 1.807) is 29.6 Å². The monoisotopic (exact) mass is 262 g/mol. The third kappa shape index (κ3) is 1.60. The summed E-state index contributed by atoms with van der Waals surface area (Å²) < 4.78 is 18.9. The zero-order valence-electron chi connectivity index (χ0n) is 9.01. The largest absolute Gasteiger partial charge is 0.477 e. The van der Waals surface area contributed by atoms with E-state index in [-0.39, 0.29) is 10.5 Å². The second-order valence-corrected chi connectivity index (χ2v) is 4.65. The van der Waals surface area contributed by atoms with Crippen LogP contribution >= 0.6 is 11.3 Å². The van der Waals surface area contributed by atoms with Gasteiger partial charge in [0.1, 0.15) is 10.6 Å². The minimum absolute atomic E-state index is 0.148. The van der Waals surface area contributed by atoms with Crippen LogP contribution < -0.4 is 0 Å². The van der Waals surface area contributed by atoms with Crippen LogP contribution in [0, 0.1) is 5.82 Å². The molecule has 2 heterocycles. The Labute approximate surface area is 105 Å². The Morgan fingerprint density at radius 1 is 1.33 bits per heavy atom. The molecule has 0 atom stereocenters. The van der Waals surface area contributed by atoms with Crippen molar-refractivity contribution in [1.29, 1.82) is 0 Å². The molecular formula is C13H7FO3S. The van der Waals surface area contributed by atoms with Gasteiger partial charge in [-0.1, -0.05) is 12.1 Å². The maximum Gasteiger partial charge on any atom is 0.346 e. The lowest BCUT2D eigenvalue weighted by atomic mass is 10.2. The second kappa shape index (κ2) is 3.96. The Bertz CT molecular complexity index is 742. The van der Waals surface area contributed by atoms with Crippen LogP contribution in [0.15, 0.2) is 40.1 Å². The average molecular weight is 262 g/mol. The van der Waals surface area contributed by atoms with Crippen molar-refractivity contribution in [2.75, 3.05) is 0 Å². The molecule has 0 amide bonds. The van der Waals surface area contributed by atoms with Crippen molar-refractivity contribution < 1.29 is 18.7 Å². The van der Waals surface area contributed by atoms with Crippen molar-refractivity contribution in [1.82, 2.24) is 0 Å². The molecule has 0 saturated carbocycles. The molecule has 0 radical (unpaired) electrons. The highest BCUT2D eigenvalue weighted by Crippen LogP contribution is 2.33. The van der Waals surface area contributed by atoms with Gasteiger partial charge in [-0.15, -0.1) is 11.3 Å². The van der Waals surface area contributed by atoms with E-state index in [0.717, 1.165) is 11.3 Å². The number of carboxylic acid groups (broad SMARTS) is 1. The molecule has 1 N–H and O–H groups in total. The standard InChI is InChI=1S/C13H7FO3S/c14-9-3-1-2-7-6-10(17-11(7)9)8-4-5-18-12(8)13(15)16/h1-6H,(H,15,16). The fourth-order valence-corrected chi connectivity index (χ4v) is 2.57. The molecule has 0 aliphatic rings. The van der Waals surface area contributed by atoms with Gasteiger partial charge < -0.3 is 9.52 Å². The fraction of sp³-hybridized carbons (Fsp3) is 0. The zero-order chi connectivity index (χ0) is 12.7. The summed E-state index contributed by atoms with van der Waals surface area (Å²) >= 11 is 1.11. The molecule has 2 aromatic heterocycles. The number of aromatic carboxylic acids is 1. The number of benzene rings is 1. The first-order valence-electron chi connectivity index (χ1n) is 5.16. The zero-order valence-corrected chi connectivity index (χ0v) is 9.83. The minimum atomic E-state index is -1.01. The Morgan fingerprint density at radius 2 is 2.17 bits per heavy atom. The molecule has 0 spiro atoms. The summed E-state index contributed by atoms with van der Waals surface area (Å²) in [5.74, 6) is -1.10. The highest BCUT2D eigenvalue weighted by molar-refractivity contribution is 7.12. The summed E-state index contributed by atoms with van der Waals surface area (Å²) in [6.07, 6.45) is 0. The first-order chi connectivity index (χ1) is 8.66. The number of thiophene rings is 1. The van der Waals surface area contributed by atoms with Gasteiger partial charge in [-0.25, -0.2) is 9.18 Å². The molecule has 0 fully saturated rings. The number of carbonyl (C=O) groups is 1. The Morgan fingerprint density at radius 3 is 2.89 bits per heavy atom. The molecule has 3 rings (SSSR count). The molecule has 0 aliphatic heterocycles. The number of halogens is 1. The maximum absolute atomic E-state index is 13.5. The van der Waals surface area contributed by atoms with E-state index in [0.29, 0.717) is 16.7 Å². The van der Waals surface area contributed by atoms with Crippen LogP contribution in [0.1, 0.15) is 9.67 Å². The number of carboxylic acids is 1. The highest BCUT2D eigenvalue weighted by Gasteiger charge is 2.17. The summed E-state index contributed by atoms with van der Waals surface area (Å²) in [6.45, 7) is 0. The normalized spacial score (nSPS) is 10.9. The predicted molar refractivity (Wildman–Crippen MR) is 66.4 cm³/mol. The molecule has 3 nitrogen and oxygen atoms in total. The lowest BCUT2D eigenvalue weighted by Gasteiger charge is -1.94. The summed E-state index contributed by atoms with van der Waals surface area (Å²) in [4.78, 5) is 11.2. The summed E-state index contributed by atoms with van der Waals surface area (Å²) in [7, 11) is 0. The molecule has 5 heteroatoms. The van der Waals surface area contributed by atoms with Crippen molar-refractivity contribution in [2.45, 2.75) is 0 Å². The lowest BCUT2D eigenvalue weighted by Crippen LogP contribution is -1.93. The van der Waals surface area contributed by atoms with Gasteiger partial charge in [0.25, 0.3) is 0 Å². The molecule has 90 valence electrons. The molecule has 0 aliphatic carbocycles. The Balaban J connectivity index is 2.23. The van der Waals surface area contributed by atoms with E-state index >= 15 is 0 Å². The van der Waals surface area contributed by atoms with Gasteiger partial charge in [0.2, 0.25) is 0 Å². The third-order valence-corrected chi connectivity index (χ3v) is 3.52. The van der Waals surface area contributed by atoms with Gasteiger partial charge in [-0.05, 0) is 23.6 Å². The van der Waals surface area contributed by atoms with Crippen molar-refractivity contribution in [3.63, 3.8) is 0 Å². The van der Waals surface area contributed by atoms with Crippen LogP contribution in [0.5, 0.6) is 0 Å². The molecule has 0 unspecified atom stereocenters. The smallest absolute Gasteiger partial charge is 0.346 e. The molecular weight excluding hydrogens is 255 g/mol. The van der Waals surface area contributed by atoms with Crippen molar-refractivity contribution in [3.8, 4) is 11.3 Å². The maximum atomic E-state index is 13.5. The average Bonchev–Trinajstić information content (AvgIpc) is 2.95. The van der Waals surface area contributed by atoms with E-state index in [1.807, 2.05) is 0 Å².